The Morgan fingerprint density at radius 2 is 1.81 bits per heavy atom. The van der Waals surface area contributed by atoms with Crippen molar-refractivity contribution in [1.29, 1.82) is 0 Å². The van der Waals surface area contributed by atoms with Crippen LogP contribution >= 0.6 is 0 Å². The first-order chi connectivity index (χ1) is 15.3. The van der Waals surface area contributed by atoms with E-state index in [0.717, 1.165) is 10.9 Å². The molecule has 2 heterocycles. The average molecular weight is 444 g/mol. The molecule has 4 rings (SSSR count). The summed E-state index contributed by atoms with van der Waals surface area (Å²) in [6.07, 6.45) is -5.21. The molecule has 0 saturated heterocycles. The molecule has 0 aliphatic carbocycles. The lowest BCUT2D eigenvalue weighted by molar-refractivity contribution is -0.142. The van der Waals surface area contributed by atoms with Crippen molar-refractivity contribution in [3.63, 3.8) is 0 Å². The second-order valence-electron chi connectivity index (χ2n) is 6.61. The Balaban J connectivity index is 1.69. The lowest BCUT2D eigenvalue weighted by Crippen LogP contribution is -2.34. The number of hydrazine groups is 1. The van der Waals surface area contributed by atoms with Crippen molar-refractivity contribution in [1.82, 2.24) is 25.3 Å². The number of carbonyl (C=O) groups is 1. The van der Waals surface area contributed by atoms with Crippen LogP contribution in [0.4, 0.5) is 13.2 Å². The molecule has 2 aromatic heterocycles. The fourth-order valence-corrected chi connectivity index (χ4v) is 3.04. The van der Waals surface area contributed by atoms with Crippen LogP contribution in [0.1, 0.15) is 17.4 Å². The van der Waals surface area contributed by atoms with E-state index in [-0.39, 0.29) is 28.5 Å². The molecule has 0 saturated carbocycles. The normalized spacial score (nSPS) is 12.5. The first-order valence-corrected chi connectivity index (χ1v) is 9.13. The summed E-state index contributed by atoms with van der Waals surface area (Å²) in [5.74, 6) is 3.85. The first-order valence-electron chi connectivity index (χ1n) is 9.13. The zero-order valence-electron chi connectivity index (χ0n) is 16.1. The van der Waals surface area contributed by atoms with Gasteiger partial charge in [0.05, 0.1) is 17.4 Å². The summed E-state index contributed by atoms with van der Waals surface area (Å²) >= 11 is 0. The number of para-hydroxylation sites is 1. The van der Waals surface area contributed by atoms with Gasteiger partial charge in [0.15, 0.2) is 11.8 Å². The molecule has 0 bridgehead atoms. The van der Waals surface area contributed by atoms with E-state index < -0.39 is 23.9 Å². The molecule has 164 valence electrons. The van der Waals surface area contributed by atoms with E-state index in [1.165, 1.54) is 36.4 Å². The van der Waals surface area contributed by atoms with Gasteiger partial charge in [-0.1, -0.05) is 47.6 Å². The minimum atomic E-state index is -4.74. The van der Waals surface area contributed by atoms with Gasteiger partial charge in [-0.2, -0.15) is 23.3 Å². The SMILES string of the molecule is NNC(=O)C(O)c1ccc(-c2noc(-c3cnn(-c4ccccc4)c3C(F)(F)F)n2)cc1. The minimum absolute atomic E-state index is 0.0184. The van der Waals surface area contributed by atoms with Gasteiger partial charge >= 0.3 is 6.18 Å². The van der Waals surface area contributed by atoms with Crippen LogP contribution in [0.3, 0.4) is 0 Å². The van der Waals surface area contributed by atoms with Crippen LogP contribution in [0.25, 0.3) is 28.5 Å². The van der Waals surface area contributed by atoms with Crippen molar-refractivity contribution in [3.05, 3.63) is 72.1 Å². The number of nitrogens with zero attached hydrogens (tertiary/aromatic N) is 4. The molecule has 2 aromatic carbocycles. The predicted octanol–water partition coefficient (Wildman–Crippen LogP) is 2.63. The van der Waals surface area contributed by atoms with Crippen molar-refractivity contribution in [2.24, 2.45) is 5.84 Å². The fourth-order valence-electron chi connectivity index (χ4n) is 3.04. The number of aliphatic hydroxyl groups excluding tert-OH is 1. The molecule has 32 heavy (non-hydrogen) atoms. The van der Waals surface area contributed by atoms with Gasteiger partial charge in [0.25, 0.3) is 11.8 Å². The van der Waals surface area contributed by atoms with Gasteiger partial charge in [-0.25, -0.2) is 10.5 Å². The molecule has 0 aliphatic heterocycles. The highest BCUT2D eigenvalue weighted by atomic mass is 19.4. The van der Waals surface area contributed by atoms with Crippen molar-refractivity contribution >= 4 is 5.91 Å². The monoisotopic (exact) mass is 444 g/mol. The Bertz CT molecular complexity index is 1240. The third kappa shape index (κ3) is 3.96. The number of carbonyl (C=O) groups excluding carboxylic acids is 1. The molecule has 4 N–H and O–H groups in total. The molecule has 1 unspecified atom stereocenters. The van der Waals surface area contributed by atoms with Crippen LogP contribution in [0.2, 0.25) is 0 Å². The third-order valence-electron chi connectivity index (χ3n) is 4.57. The van der Waals surface area contributed by atoms with E-state index in [2.05, 4.69) is 15.2 Å². The molecule has 4 aromatic rings. The molecule has 0 aliphatic rings. The maximum Gasteiger partial charge on any atom is 0.434 e. The van der Waals surface area contributed by atoms with Crippen molar-refractivity contribution in [2.75, 3.05) is 0 Å². The number of hydrogen-bond donors (Lipinski definition) is 3. The predicted molar refractivity (Wildman–Crippen MR) is 105 cm³/mol. The van der Waals surface area contributed by atoms with Crippen LogP contribution in [0.15, 0.2) is 65.3 Å². The average Bonchev–Trinajstić information content (AvgIpc) is 3.46. The highest BCUT2D eigenvalue weighted by Gasteiger charge is 2.40. The number of aliphatic hydroxyl groups is 1. The largest absolute Gasteiger partial charge is 0.434 e. The number of nitrogens with two attached hydrogens (primary N) is 1. The Morgan fingerprint density at radius 3 is 2.44 bits per heavy atom. The molecular weight excluding hydrogens is 429 g/mol. The summed E-state index contributed by atoms with van der Waals surface area (Å²) < 4.78 is 47.4. The lowest BCUT2D eigenvalue weighted by atomic mass is 10.1. The van der Waals surface area contributed by atoms with Crippen molar-refractivity contribution in [2.45, 2.75) is 12.3 Å². The number of aromatic nitrogens is 4. The van der Waals surface area contributed by atoms with Gasteiger partial charge in [-0.05, 0) is 17.7 Å². The second kappa shape index (κ2) is 8.24. The Hall–Kier alpha value is -4.03. The summed E-state index contributed by atoms with van der Waals surface area (Å²) in [5, 5.41) is 17.5. The maximum atomic E-state index is 13.8. The number of nitrogens with one attached hydrogen (secondary N) is 1. The molecule has 0 fully saturated rings. The zero-order chi connectivity index (χ0) is 22.9. The molecule has 1 amide bonds. The Labute approximate surface area is 178 Å². The zero-order valence-corrected chi connectivity index (χ0v) is 16.1. The van der Waals surface area contributed by atoms with Crippen molar-refractivity contribution < 1.29 is 27.6 Å². The van der Waals surface area contributed by atoms with Crippen LogP contribution < -0.4 is 11.3 Å². The van der Waals surface area contributed by atoms with Gasteiger partial charge < -0.3 is 9.63 Å². The number of benzene rings is 2. The van der Waals surface area contributed by atoms with E-state index in [9.17, 15) is 23.1 Å². The number of halogens is 3. The summed E-state index contributed by atoms with van der Waals surface area (Å²) in [4.78, 5) is 15.5. The Kier molecular flexibility index (Phi) is 5.47. The Morgan fingerprint density at radius 1 is 1.12 bits per heavy atom. The number of hydrogen-bond acceptors (Lipinski definition) is 7. The van der Waals surface area contributed by atoms with Gasteiger partial charge in [-0.3, -0.25) is 10.2 Å². The van der Waals surface area contributed by atoms with Crippen LogP contribution in [0, 0.1) is 0 Å². The highest BCUT2D eigenvalue weighted by molar-refractivity contribution is 5.81. The molecule has 0 spiro atoms. The third-order valence-corrected chi connectivity index (χ3v) is 4.57. The highest BCUT2D eigenvalue weighted by Crippen LogP contribution is 2.38. The maximum absolute atomic E-state index is 13.8. The standard InChI is InChI=1S/C20H15F3N6O3/c21-20(22,23)16-14(10-25-29(16)13-4-2-1-3-5-13)19-26-17(28-32-19)12-8-6-11(7-9-12)15(30)18(31)27-24/h1-10,15,30H,24H2,(H,27,31). The number of rotatable bonds is 5. The number of alkyl halides is 3. The van der Waals surface area contributed by atoms with E-state index in [1.54, 1.807) is 18.2 Å². The summed E-state index contributed by atoms with van der Waals surface area (Å²) in [6, 6.07) is 13.7. The molecule has 1 atom stereocenters. The van der Waals surface area contributed by atoms with Crippen LogP contribution in [-0.2, 0) is 11.0 Å². The molecule has 0 radical (unpaired) electrons. The topological polar surface area (TPSA) is 132 Å². The second-order valence-corrected chi connectivity index (χ2v) is 6.61. The van der Waals surface area contributed by atoms with Gasteiger partial charge in [0.1, 0.15) is 0 Å². The van der Waals surface area contributed by atoms with Crippen molar-refractivity contribution in [3.8, 4) is 28.5 Å². The van der Waals surface area contributed by atoms with E-state index in [0.29, 0.717) is 5.56 Å². The first kappa shape index (κ1) is 21.2. The van der Waals surface area contributed by atoms with Gasteiger partial charge in [0.2, 0.25) is 5.82 Å². The number of amides is 1. The summed E-state index contributed by atoms with van der Waals surface area (Å²) in [7, 11) is 0. The molecule has 9 nitrogen and oxygen atoms in total. The van der Waals surface area contributed by atoms with E-state index in [4.69, 9.17) is 10.4 Å². The summed E-state index contributed by atoms with van der Waals surface area (Å²) in [5.41, 5.74) is 1.29. The summed E-state index contributed by atoms with van der Waals surface area (Å²) in [6.45, 7) is 0. The van der Waals surface area contributed by atoms with E-state index in [1.807, 2.05) is 5.43 Å². The van der Waals surface area contributed by atoms with Gasteiger partial charge in [-0.15, -0.1) is 0 Å². The molecule has 12 heteroatoms. The van der Waals surface area contributed by atoms with Crippen LogP contribution in [0.5, 0.6) is 0 Å². The minimum Gasteiger partial charge on any atom is -0.378 e. The van der Waals surface area contributed by atoms with Gasteiger partial charge in [0, 0.05) is 5.56 Å². The van der Waals surface area contributed by atoms with Crippen LogP contribution in [-0.4, -0.2) is 30.9 Å². The van der Waals surface area contributed by atoms with E-state index >= 15 is 0 Å². The quantitative estimate of drug-likeness (QED) is 0.245. The fraction of sp³-hybridized carbons (Fsp3) is 0.100. The lowest BCUT2D eigenvalue weighted by Gasteiger charge is -2.11. The molecular formula is C20H15F3N6O3. The smallest absolute Gasteiger partial charge is 0.378 e.